The van der Waals surface area contributed by atoms with Crippen LogP contribution in [0.15, 0.2) is 0 Å². The van der Waals surface area contributed by atoms with Crippen molar-refractivity contribution in [3.63, 3.8) is 0 Å². The molecule has 0 bridgehead atoms. The minimum atomic E-state index is -3.83. The number of hydrogen-bond acceptors (Lipinski definition) is 2. The lowest BCUT2D eigenvalue weighted by molar-refractivity contribution is -0.925. The van der Waals surface area contributed by atoms with E-state index in [1.54, 1.807) is 0 Å². The molecule has 0 aromatic rings. The van der Waals surface area contributed by atoms with Gasteiger partial charge in [0.05, 0.1) is 25.4 Å². The highest BCUT2D eigenvalue weighted by Gasteiger charge is 2.28. The lowest BCUT2D eigenvalue weighted by Gasteiger charge is -2.40. The second-order valence-electron chi connectivity index (χ2n) is 4.57. The summed E-state index contributed by atoms with van der Waals surface area (Å²) in [5.41, 5.74) is 0. The molecule has 16 heavy (non-hydrogen) atoms. The van der Waals surface area contributed by atoms with Crippen LogP contribution in [0.4, 0.5) is 0 Å². The maximum Gasteiger partial charge on any atom is 0.265 e. The van der Waals surface area contributed by atoms with Crippen LogP contribution in [0.3, 0.4) is 0 Å². The molecule has 0 amide bonds. The van der Waals surface area contributed by atoms with Gasteiger partial charge < -0.3 is 4.48 Å². The summed E-state index contributed by atoms with van der Waals surface area (Å²) < 4.78 is 30.8. The molecule has 0 saturated carbocycles. The summed E-state index contributed by atoms with van der Waals surface area (Å²) in [6.07, 6.45) is 9.41. The molecule has 92 valence electrons. The first kappa shape index (κ1) is 13.5. The molecule has 4 nitrogen and oxygen atoms in total. The molecule has 0 unspecified atom stereocenters. The molecule has 0 aromatic heterocycles. The zero-order valence-electron chi connectivity index (χ0n) is 9.56. The highest BCUT2D eigenvalue weighted by Crippen LogP contribution is 2.19. The van der Waals surface area contributed by atoms with Crippen molar-refractivity contribution in [3.8, 4) is 12.3 Å². The van der Waals surface area contributed by atoms with E-state index in [2.05, 4.69) is 5.92 Å². The number of rotatable bonds is 5. The Balaban J connectivity index is 2.48. The van der Waals surface area contributed by atoms with E-state index in [0.717, 1.165) is 37.0 Å². The van der Waals surface area contributed by atoms with Crippen LogP contribution in [0.5, 0.6) is 0 Å². The lowest BCUT2D eigenvalue weighted by atomic mass is 10.1. The lowest BCUT2D eigenvalue weighted by Crippen LogP contribution is -2.52. The number of piperidine rings is 1. The van der Waals surface area contributed by atoms with Gasteiger partial charge in [-0.25, -0.2) is 0 Å². The van der Waals surface area contributed by atoms with Gasteiger partial charge in [0.15, 0.2) is 0 Å². The van der Waals surface area contributed by atoms with Crippen molar-refractivity contribution < 1.29 is 17.5 Å². The fraction of sp³-hybridized carbons (Fsp3) is 0.818. The van der Waals surface area contributed by atoms with E-state index in [4.69, 9.17) is 11.0 Å². The molecule has 0 aromatic carbocycles. The number of likely N-dealkylation sites (tertiary alicyclic amines) is 1. The Bertz CT molecular complexity index is 350. The normalized spacial score (nSPS) is 20.2. The molecule has 1 heterocycles. The summed E-state index contributed by atoms with van der Waals surface area (Å²) in [6, 6.07) is 0. The smallest absolute Gasteiger partial charge is 0.265 e. The largest absolute Gasteiger partial charge is 0.313 e. The number of nitrogens with zero attached hydrogens (tertiary/aromatic N) is 1. The Labute approximate surface area is 98.0 Å². The first-order valence-electron chi connectivity index (χ1n) is 5.71. The Hall–Kier alpha value is -0.570. The second-order valence-corrected chi connectivity index (χ2v) is 6.15. The minimum absolute atomic E-state index is 0.155. The summed E-state index contributed by atoms with van der Waals surface area (Å²) in [5, 5.41) is 0. The van der Waals surface area contributed by atoms with E-state index in [9.17, 15) is 8.42 Å². The SMILES string of the molecule is C#CC[N+]1(CCCS(=O)(=O)O)CCCCC1. The third kappa shape index (κ3) is 4.52. The van der Waals surface area contributed by atoms with Gasteiger partial charge in [0, 0.05) is 6.42 Å². The van der Waals surface area contributed by atoms with E-state index >= 15 is 0 Å². The molecule has 1 N–H and O–H groups in total. The highest BCUT2D eigenvalue weighted by atomic mass is 32.2. The van der Waals surface area contributed by atoms with Gasteiger partial charge in [-0.05, 0) is 25.2 Å². The Morgan fingerprint density at radius 3 is 2.38 bits per heavy atom. The first-order valence-corrected chi connectivity index (χ1v) is 7.32. The average molecular weight is 246 g/mol. The molecule has 0 atom stereocenters. The molecular weight excluding hydrogens is 226 g/mol. The summed E-state index contributed by atoms with van der Waals surface area (Å²) in [7, 11) is -3.83. The van der Waals surface area contributed by atoms with Crippen molar-refractivity contribution in [3.05, 3.63) is 0 Å². The van der Waals surface area contributed by atoms with Crippen LogP contribution in [0.1, 0.15) is 25.7 Å². The van der Waals surface area contributed by atoms with Gasteiger partial charge >= 0.3 is 0 Å². The molecule has 1 fully saturated rings. The molecule has 1 aliphatic rings. The molecule has 5 heteroatoms. The van der Waals surface area contributed by atoms with Gasteiger partial charge in [-0.2, -0.15) is 8.42 Å². The second kappa shape index (κ2) is 5.67. The van der Waals surface area contributed by atoms with Gasteiger partial charge in [0.1, 0.15) is 6.54 Å². The number of hydrogen-bond donors (Lipinski definition) is 1. The Kier molecular flexibility index (Phi) is 4.78. The Morgan fingerprint density at radius 2 is 1.88 bits per heavy atom. The molecule has 0 spiro atoms. The summed E-state index contributed by atoms with van der Waals surface area (Å²) in [4.78, 5) is 0. The van der Waals surface area contributed by atoms with Crippen molar-refractivity contribution in [2.24, 2.45) is 0 Å². The van der Waals surface area contributed by atoms with Crippen molar-refractivity contribution in [2.45, 2.75) is 25.7 Å². The van der Waals surface area contributed by atoms with E-state index in [1.807, 2.05) is 0 Å². The fourth-order valence-electron chi connectivity index (χ4n) is 2.42. The van der Waals surface area contributed by atoms with Crippen molar-refractivity contribution in [1.82, 2.24) is 0 Å². The van der Waals surface area contributed by atoms with Crippen LogP contribution in [-0.2, 0) is 10.1 Å². The van der Waals surface area contributed by atoms with E-state index < -0.39 is 10.1 Å². The van der Waals surface area contributed by atoms with Crippen molar-refractivity contribution in [1.29, 1.82) is 0 Å². The predicted molar refractivity (Wildman–Crippen MR) is 63.4 cm³/mol. The molecule has 1 aliphatic heterocycles. The zero-order chi connectivity index (χ0) is 12.1. The van der Waals surface area contributed by atoms with Gasteiger partial charge in [-0.1, -0.05) is 0 Å². The van der Waals surface area contributed by atoms with Crippen LogP contribution < -0.4 is 0 Å². The van der Waals surface area contributed by atoms with Gasteiger partial charge in [0.2, 0.25) is 0 Å². The minimum Gasteiger partial charge on any atom is -0.313 e. The van der Waals surface area contributed by atoms with Crippen LogP contribution in [-0.4, -0.2) is 49.4 Å². The first-order chi connectivity index (χ1) is 7.47. The number of quaternary nitrogens is 1. The maximum atomic E-state index is 10.6. The quantitative estimate of drug-likeness (QED) is 0.445. The molecule has 1 rings (SSSR count). The average Bonchev–Trinajstić information content (AvgIpc) is 2.17. The van der Waals surface area contributed by atoms with Gasteiger partial charge in [0.25, 0.3) is 10.1 Å². The van der Waals surface area contributed by atoms with Gasteiger partial charge in [-0.3, -0.25) is 4.55 Å². The topological polar surface area (TPSA) is 54.4 Å². The maximum absolute atomic E-state index is 10.6. The van der Waals surface area contributed by atoms with Crippen LogP contribution in [0.25, 0.3) is 0 Å². The predicted octanol–water partition coefficient (Wildman–Crippen LogP) is 0.898. The standard InChI is InChI=1S/C11H19NO3S/c1-2-7-12(8-4-3-5-9-12)10-6-11-16(13,14)15/h1H,3-11H2/p+1. The molecule has 1 saturated heterocycles. The summed E-state index contributed by atoms with van der Waals surface area (Å²) >= 11 is 0. The van der Waals surface area contributed by atoms with Crippen molar-refractivity contribution >= 4 is 10.1 Å². The van der Waals surface area contributed by atoms with Crippen molar-refractivity contribution in [2.75, 3.05) is 31.9 Å². The molecule has 0 radical (unpaired) electrons. The van der Waals surface area contributed by atoms with Gasteiger partial charge in [-0.15, -0.1) is 6.42 Å². The summed E-state index contributed by atoms with van der Waals surface area (Å²) in [6.45, 7) is 3.50. The number of terminal acetylenes is 1. The Morgan fingerprint density at radius 1 is 1.25 bits per heavy atom. The van der Waals surface area contributed by atoms with E-state index in [-0.39, 0.29) is 5.75 Å². The summed E-state index contributed by atoms with van der Waals surface area (Å²) in [5.74, 6) is 2.53. The van der Waals surface area contributed by atoms with Crippen LogP contribution in [0.2, 0.25) is 0 Å². The highest BCUT2D eigenvalue weighted by molar-refractivity contribution is 7.85. The zero-order valence-corrected chi connectivity index (χ0v) is 10.4. The third-order valence-corrected chi connectivity index (χ3v) is 4.03. The van der Waals surface area contributed by atoms with Crippen LogP contribution in [0, 0.1) is 12.3 Å². The van der Waals surface area contributed by atoms with E-state index in [0.29, 0.717) is 13.0 Å². The van der Waals surface area contributed by atoms with Crippen LogP contribution >= 0.6 is 0 Å². The van der Waals surface area contributed by atoms with E-state index in [1.165, 1.54) is 6.42 Å². The fourth-order valence-corrected chi connectivity index (χ4v) is 2.91. The third-order valence-electron chi connectivity index (χ3n) is 3.23. The molecule has 0 aliphatic carbocycles. The molecular formula is C11H20NO3S+. The monoisotopic (exact) mass is 246 g/mol.